The minimum Gasteiger partial charge on any atom is -0.493 e. The predicted octanol–water partition coefficient (Wildman–Crippen LogP) is 3.11. The molecular formula is C14H14ClNO2S. The summed E-state index contributed by atoms with van der Waals surface area (Å²) >= 11 is 6.00. The van der Waals surface area contributed by atoms with Crippen LogP contribution in [0.2, 0.25) is 5.02 Å². The Kier molecular flexibility index (Phi) is 4.82. The van der Waals surface area contributed by atoms with Crippen LogP contribution in [0.4, 0.5) is 5.69 Å². The van der Waals surface area contributed by atoms with Gasteiger partial charge in [-0.25, -0.2) is 0 Å². The Bertz CT molecular complexity index is 575. The first-order valence-electron chi connectivity index (χ1n) is 5.78. The van der Waals surface area contributed by atoms with E-state index < -0.39 is 10.8 Å². The van der Waals surface area contributed by atoms with Gasteiger partial charge >= 0.3 is 0 Å². The van der Waals surface area contributed by atoms with E-state index in [4.69, 9.17) is 22.1 Å². The fourth-order valence-electron chi connectivity index (χ4n) is 1.56. The molecule has 100 valence electrons. The second-order valence-corrected chi connectivity index (χ2v) is 5.85. The molecule has 2 aromatic rings. The quantitative estimate of drug-likeness (QED) is 0.862. The standard InChI is InChI=1S/C14H14ClNO2S/c15-13-7-6-11(16)10-14(13)19(17)9-8-18-12-4-2-1-3-5-12/h1-7,10H,8-9,16H2. The van der Waals surface area contributed by atoms with Gasteiger partial charge in [-0.2, -0.15) is 0 Å². The molecule has 0 saturated heterocycles. The van der Waals surface area contributed by atoms with Crippen LogP contribution in [0.3, 0.4) is 0 Å². The van der Waals surface area contributed by atoms with Crippen LogP contribution < -0.4 is 10.5 Å². The molecule has 0 amide bonds. The number of hydrogen-bond donors (Lipinski definition) is 1. The SMILES string of the molecule is Nc1ccc(Cl)c(S(=O)CCOc2ccccc2)c1. The van der Waals surface area contributed by atoms with Gasteiger partial charge in [0.25, 0.3) is 0 Å². The number of benzene rings is 2. The van der Waals surface area contributed by atoms with Crippen molar-refractivity contribution < 1.29 is 8.95 Å². The van der Waals surface area contributed by atoms with Crippen molar-refractivity contribution in [3.8, 4) is 5.75 Å². The van der Waals surface area contributed by atoms with E-state index in [0.29, 0.717) is 28.0 Å². The minimum absolute atomic E-state index is 0.363. The molecule has 2 rings (SSSR count). The third-order valence-corrected chi connectivity index (χ3v) is 4.29. The summed E-state index contributed by atoms with van der Waals surface area (Å²) in [6, 6.07) is 14.4. The van der Waals surface area contributed by atoms with Crippen molar-refractivity contribution in [2.75, 3.05) is 18.1 Å². The van der Waals surface area contributed by atoms with Gasteiger partial charge in [-0.15, -0.1) is 0 Å². The Morgan fingerprint density at radius 1 is 1.16 bits per heavy atom. The van der Waals surface area contributed by atoms with E-state index in [0.717, 1.165) is 5.75 Å². The number of anilines is 1. The molecule has 0 bridgehead atoms. The molecule has 1 atom stereocenters. The molecule has 1 unspecified atom stereocenters. The van der Waals surface area contributed by atoms with Gasteiger partial charge < -0.3 is 10.5 Å². The zero-order valence-corrected chi connectivity index (χ0v) is 11.8. The van der Waals surface area contributed by atoms with Crippen molar-refractivity contribution in [1.29, 1.82) is 0 Å². The average molecular weight is 296 g/mol. The average Bonchev–Trinajstić information content (AvgIpc) is 2.42. The van der Waals surface area contributed by atoms with Gasteiger partial charge in [0.05, 0.1) is 26.5 Å². The van der Waals surface area contributed by atoms with E-state index >= 15 is 0 Å². The largest absolute Gasteiger partial charge is 0.493 e. The van der Waals surface area contributed by atoms with Crippen LogP contribution in [-0.4, -0.2) is 16.6 Å². The Morgan fingerprint density at radius 2 is 1.89 bits per heavy atom. The van der Waals surface area contributed by atoms with Gasteiger partial charge in [0.1, 0.15) is 12.4 Å². The second kappa shape index (κ2) is 6.59. The maximum atomic E-state index is 12.1. The van der Waals surface area contributed by atoms with Crippen molar-refractivity contribution in [3.63, 3.8) is 0 Å². The Labute approximate surface area is 119 Å². The van der Waals surface area contributed by atoms with Gasteiger partial charge in [-0.3, -0.25) is 4.21 Å². The Morgan fingerprint density at radius 3 is 2.63 bits per heavy atom. The first-order valence-corrected chi connectivity index (χ1v) is 7.48. The number of nitrogen functional groups attached to an aromatic ring is 1. The third kappa shape index (κ3) is 3.98. The molecule has 3 nitrogen and oxygen atoms in total. The van der Waals surface area contributed by atoms with Gasteiger partial charge in [0.2, 0.25) is 0 Å². The zero-order valence-electron chi connectivity index (χ0n) is 10.2. The Balaban J connectivity index is 1.93. The molecule has 0 aliphatic carbocycles. The van der Waals surface area contributed by atoms with Gasteiger partial charge in [0, 0.05) is 5.69 Å². The van der Waals surface area contributed by atoms with Crippen molar-refractivity contribution in [1.82, 2.24) is 0 Å². The maximum Gasteiger partial charge on any atom is 0.119 e. The fraction of sp³-hybridized carbons (Fsp3) is 0.143. The summed E-state index contributed by atoms with van der Waals surface area (Å²) in [5.41, 5.74) is 6.21. The Hall–Kier alpha value is -1.52. The monoisotopic (exact) mass is 295 g/mol. The summed E-state index contributed by atoms with van der Waals surface area (Å²) in [6.07, 6.45) is 0. The second-order valence-electron chi connectivity index (χ2n) is 3.90. The molecule has 0 aliphatic rings. The topological polar surface area (TPSA) is 52.3 Å². The van der Waals surface area contributed by atoms with E-state index in [1.54, 1.807) is 18.2 Å². The van der Waals surface area contributed by atoms with Gasteiger partial charge in [-0.1, -0.05) is 29.8 Å². The fourth-order valence-corrected chi connectivity index (χ4v) is 2.94. The van der Waals surface area contributed by atoms with Gasteiger partial charge in [0.15, 0.2) is 0 Å². The van der Waals surface area contributed by atoms with E-state index in [1.807, 2.05) is 30.3 Å². The molecule has 0 heterocycles. The first kappa shape index (κ1) is 13.9. The lowest BCUT2D eigenvalue weighted by molar-refractivity contribution is 0.342. The molecule has 0 aromatic heterocycles. The lowest BCUT2D eigenvalue weighted by atomic mass is 10.3. The third-order valence-electron chi connectivity index (χ3n) is 2.48. The summed E-state index contributed by atoms with van der Waals surface area (Å²) in [6.45, 7) is 0.363. The van der Waals surface area contributed by atoms with Crippen LogP contribution in [0.5, 0.6) is 5.75 Å². The highest BCUT2D eigenvalue weighted by molar-refractivity contribution is 7.85. The summed E-state index contributed by atoms with van der Waals surface area (Å²) in [4.78, 5) is 0.554. The maximum absolute atomic E-state index is 12.1. The molecule has 0 saturated carbocycles. The molecule has 2 aromatic carbocycles. The van der Waals surface area contributed by atoms with Crippen molar-refractivity contribution >= 4 is 28.1 Å². The van der Waals surface area contributed by atoms with Crippen LogP contribution in [0, 0.1) is 0 Å². The number of hydrogen-bond acceptors (Lipinski definition) is 3. The number of nitrogens with two attached hydrogens (primary N) is 1. The lowest BCUT2D eigenvalue weighted by Crippen LogP contribution is -2.09. The summed E-state index contributed by atoms with van der Waals surface area (Å²) < 4.78 is 17.6. The van der Waals surface area contributed by atoms with Crippen LogP contribution >= 0.6 is 11.6 Å². The highest BCUT2D eigenvalue weighted by Gasteiger charge is 2.09. The highest BCUT2D eigenvalue weighted by Crippen LogP contribution is 2.22. The molecule has 0 aliphatic heterocycles. The van der Waals surface area contributed by atoms with E-state index in [2.05, 4.69) is 0 Å². The summed E-state index contributed by atoms with van der Waals surface area (Å²) in [5, 5.41) is 0.465. The van der Waals surface area contributed by atoms with Crippen LogP contribution in [0.25, 0.3) is 0 Å². The molecule has 19 heavy (non-hydrogen) atoms. The van der Waals surface area contributed by atoms with Crippen molar-refractivity contribution in [3.05, 3.63) is 53.6 Å². The molecule has 5 heteroatoms. The van der Waals surface area contributed by atoms with Gasteiger partial charge in [-0.05, 0) is 30.3 Å². The number of para-hydroxylation sites is 1. The molecule has 0 fully saturated rings. The van der Waals surface area contributed by atoms with Crippen molar-refractivity contribution in [2.24, 2.45) is 0 Å². The number of rotatable bonds is 5. The van der Waals surface area contributed by atoms with Crippen LogP contribution in [0.15, 0.2) is 53.4 Å². The lowest BCUT2D eigenvalue weighted by Gasteiger charge is -2.07. The zero-order chi connectivity index (χ0) is 13.7. The van der Waals surface area contributed by atoms with E-state index in [-0.39, 0.29) is 0 Å². The minimum atomic E-state index is -1.22. The molecule has 0 radical (unpaired) electrons. The van der Waals surface area contributed by atoms with E-state index in [9.17, 15) is 4.21 Å². The van der Waals surface area contributed by atoms with Crippen molar-refractivity contribution in [2.45, 2.75) is 4.90 Å². The summed E-state index contributed by atoms with van der Waals surface area (Å²) in [5.74, 6) is 1.14. The number of halogens is 1. The first-order chi connectivity index (χ1) is 9.16. The van der Waals surface area contributed by atoms with E-state index in [1.165, 1.54) is 0 Å². The number of ether oxygens (including phenoxy) is 1. The van der Waals surface area contributed by atoms with Crippen LogP contribution in [-0.2, 0) is 10.8 Å². The van der Waals surface area contributed by atoms with Crippen LogP contribution in [0.1, 0.15) is 0 Å². The molecule has 0 spiro atoms. The molecule has 2 N–H and O–H groups in total. The normalized spacial score (nSPS) is 12.1. The smallest absolute Gasteiger partial charge is 0.119 e. The summed E-state index contributed by atoms with van der Waals surface area (Å²) in [7, 11) is -1.22. The predicted molar refractivity (Wildman–Crippen MR) is 79.1 cm³/mol. The molecular weight excluding hydrogens is 282 g/mol. The highest BCUT2D eigenvalue weighted by atomic mass is 35.5.